The first kappa shape index (κ1) is 13.3. The topological polar surface area (TPSA) is 47.6 Å². The number of fused-ring (bicyclic) bond motifs is 1. The van der Waals surface area contributed by atoms with Crippen molar-refractivity contribution in [3.63, 3.8) is 0 Å². The first-order chi connectivity index (χ1) is 9.76. The second-order valence-corrected chi connectivity index (χ2v) is 5.62. The first-order valence-electron chi connectivity index (χ1n) is 7.29. The standard InChI is InChI=1S/C16H21NO3/c1-19-13-8-7-11-14(15(13)20-2)12(9-17-16(11)18)10-5-3-4-6-10/h7-8,10,12H,3-6,9H2,1-2H3,(H,17,18). The zero-order chi connectivity index (χ0) is 14.1. The molecule has 0 radical (unpaired) electrons. The quantitative estimate of drug-likeness (QED) is 0.922. The van der Waals surface area contributed by atoms with E-state index in [4.69, 9.17) is 9.47 Å². The second-order valence-electron chi connectivity index (χ2n) is 5.62. The third kappa shape index (κ3) is 2.03. The minimum atomic E-state index is -0.00444. The summed E-state index contributed by atoms with van der Waals surface area (Å²) in [6, 6.07) is 3.67. The second kappa shape index (κ2) is 5.35. The van der Waals surface area contributed by atoms with Crippen LogP contribution in [-0.2, 0) is 0 Å². The van der Waals surface area contributed by atoms with E-state index in [1.165, 1.54) is 25.7 Å². The minimum absolute atomic E-state index is 0.00444. The Morgan fingerprint density at radius 2 is 1.90 bits per heavy atom. The van der Waals surface area contributed by atoms with Crippen molar-refractivity contribution in [2.75, 3.05) is 20.8 Å². The van der Waals surface area contributed by atoms with Crippen molar-refractivity contribution in [3.8, 4) is 11.5 Å². The van der Waals surface area contributed by atoms with Crippen LogP contribution in [0.2, 0.25) is 0 Å². The van der Waals surface area contributed by atoms with Gasteiger partial charge in [0.2, 0.25) is 0 Å². The molecule has 20 heavy (non-hydrogen) atoms. The summed E-state index contributed by atoms with van der Waals surface area (Å²) < 4.78 is 11.0. The van der Waals surface area contributed by atoms with Crippen LogP contribution in [0.25, 0.3) is 0 Å². The van der Waals surface area contributed by atoms with E-state index in [0.29, 0.717) is 24.1 Å². The molecule has 4 heteroatoms. The highest BCUT2D eigenvalue weighted by molar-refractivity contribution is 5.98. The third-order valence-electron chi connectivity index (χ3n) is 4.65. The van der Waals surface area contributed by atoms with Crippen molar-refractivity contribution in [1.29, 1.82) is 0 Å². The summed E-state index contributed by atoms with van der Waals surface area (Å²) in [5.74, 6) is 2.42. The van der Waals surface area contributed by atoms with Crippen molar-refractivity contribution >= 4 is 5.91 Å². The van der Waals surface area contributed by atoms with Crippen LogP contribution in [0.15, 0.2) is 12.1 Å². The predicted octanol–water partition coefficient (Wildman–Crippen LogP) is 2.72. The number of ether oxygens (including phenoxy) is 2. The Hall–Kier alpha value is -1.71. The number of carbonyl (C=O) groups is 1. The Morgan fingerprint density at radius 3 is 2.55 bits per heavy atom. The molecule has 1 atom stereocenters. The minimum Gasteiger partial charge on any atom is -0.493 e. The van der Waals surface area contributed by atoms with E-state index in [1.54, 1.807) is 14.2 Å². The molecule has 4 nitrogen and oxygen atoms in total. The molecule has 3 rings (SSSR count). The van der Waals surface area contributed by atoms with Crippen molar-refractivity contribution in [2.24, 2.45) is 5.92 Å². The molecule has 1 aliphatic carbocycles. The lowest BCUT2D eigenvalue weighted by molar-refractivity contribution is 0.0933. The molecule has 1 heterocycles. The fourth-order valence-corrected chi connectivity index (χ4v) is 3.68. The Kier molecular flexibility index (Phi) is 3.55. The largest absolute Gasteiger partial charge is 0.493 e. The van der Waals surface area contributed by atoms with Crippen LogP contribution in [-0.4, -0.2) is 26.7 Å². The maximum absolute atomic E-state index is 12.1. The lowest BCUT2D eigenvalue weighted by Crippen LogP contribution is -2.37. The zero-order valence-corrected chi connectivity index (χ0v) is 12.1. The highest BCUT2D eigenvalue weighted by Crippen LogP contribution is 2.46. The highest BCUT2D eigenvalue weighted by Gasteiger charge is 2.36. The Labute approximate surface area is 119 Å². The molecule has 1 saturated carbocycles. The molecule has 1 amide bonds. The Bertz CT molecular complexity index is 521. The van der Waals surface area contributed by atoms with Gasteiger partial charge < -0.3 is 14.8 Å². The number of hydrogen-bond donors (Lipinski definition) is 1. The van der Waals surface area contributed by atoms with E-state index in [2.05, 4.69) is 5.32 Å². The van der Waals surface area contributed by atoms with Gasteiger partial charge in [0.25, 0.3) is 5.91 Å². The molecule has 0 spiro atoms. The number of amides is 1. The molecule has 1 N–H and O–H groups in total. The molecule has 2 aliphatic rings. The van der Waals surface area contributed by atoms with Crippen molar-refractivity contribution in [1.82, 2.24) is 5.32 Å². The molecular formula is C16H21NO3. The molecule has 1 fully saturated rings. The molecule has 0 bridgehead atoms. The van der Waals surface area contributed by atoms with Gasteiger partial charge in [-0.2, -0.15) is 0 Å². The monoisotopic (exact) mass is 275 g/mol. The van der Waals surface area contributed by atoms with Crippen molar-refractivity contribution in [3.05, 3.63) is 23.3 Å². The summed E-state index contributed by atoms with van der Waals surface area (Å²) in [4.78, 5) is 12.1. The fourth-order valence-electron chi connectivity index (χ4n) is 3.68. The van der Waals surface area contributed by atoms with E-state index < -0.39 is 0 Å². The maximum atomic E-state index is 12.1. The first-order valence-corrected chi connectivity index (χ1v) is 7.29. The van der Waals surface area contributed by atoms with Gasteiger partial charge in [0.1, 0.15) is 0 Å². The molecular weight excluding hydrogens is 254 g/mol. The Balaban J connectivity index is 2.11. The fraction of sp³-hybridized carbons (Fsp3) is 0.562. The predicted molar refractivity (Wildman–Crippen MR) is 76.6 cm³/mol. The van der Waals surface area contributed by atoms with Crippen LogP contribution in [0.4, 0.5) is 0 Å². The van der Waals surface area contributed by atoms with Gasteiger partial charge in [0.15, 0.2) is 11.5 Å². The SMILES string of the molecule is COc1ccc2c(c1OC)C(C1CCCC1)CNC2=O. The van der Waals surface area contributed by atoms with Crippen molar-refractivity contribution in [2.45, 2.75) is 31.6 Å². The van der Waals surface area contributed by atoms with Gasteiger partial charge in [-0.3, -0.25) is 4.79 Å². The third-order valence-corrected chi connectivity index (χ3v) is 4.65. The van der Waals surface area contributed by atoms with Crippen LogP contribution >= 0.6 is 0 Å². The van der Waals surface area contributed by atoms with Gasteiger partial charge in [-0.15, -0.1) is 0 Å². The summed E-state index contributed by atoms with van der Waals surface area (Å²) in [7, 11) is 3.29. The molecule has 108 valence electrons. The maximum Gasteiger partial charge on any atom is 0.251 e. The number of carbonyl (C=O) groups excluding carboxylic acids is 1. The normalized spacial score (nSPS) is 22.3. The summed E-state index contributed by atoms with van der Waals surface area (Å²) in [5.41, 5.74) is 1.79. The van der Waals surface area contributed by atoms with Gasteiger partial charge in [-0.05, 0) is 30.9 Å². The molecule has 0 saturated heterocycles. The Morgan fingerprint density at radius 1 is 1.15 bits per heavy atom. The number of benzene rings is 1. The van der Waals surface area contributed by atoms with Gasteiger partial charge >= 0.3 is 0 Å². The van der Waals surface area contributed by atoms with Gasteiger partial charge in [0.05, 0.1) is 14.2 Å². The lowest BCUT2D eigenvalue weighted by Gasteiger charge is -2.32. The highest BCUT2D eigenvalue weighted by atomic mass is 16.5. The number of methoxy groups -OCH3 is 2. The molecule has 1 aromatic carbocycles. The van der Waals surface area contributed by atoms with Crippen molar-refractivity contribution < 1.29 is 14.3 Å². The lowest BCUT2D eigenvalue weighted by atomic mass is 9.79. The van der Waals surface area contributed by atoms with Crippen LogP contribution < -0.4 is 14.8 Å². The smallest absolute Gasteiger partial charge is 0.251 e. The van der Waals surface area contributed by atoms with Crippen LogP contribution in [0.5, 0.6) is 11.5 Å². The van der Waals surface area contributed by atoms with E-state index in [9.17, 15) is 4.79 Å². The summed E-state index contributed by atoms with van der Waals surface area (Å²) >= 11 is 0. The number of hydrogen-bond acceptors (Lipinski definition) is 3. The number of rotatable bonds is 3. The zero-order valence-electron chi connectivity index (χ0n) is 12.1. The molecule has 1 unspecified atom stereocenters. The van der Waals surface area contributed by atoms with Crippen LogP contribution in [0, 0.1) is 5.92 Å². The summed E-state index contributed by atoms with van der Waals surface area (Å²) in [5, 5.41) is 3.02. The van der Waals surface area contributed by atoms with E-state index in [0.717, 1.165) is 16.9 Å². The van der Waals surface area contributed by atoms with Gasteiger partial charge in [0, 0.05) is 23.6 Å². The molecule has 0 aromatic heterocycles. The van der Waals surface area contributed by atoms with Crippen LogP contribution in [0.3, 0.4) is 0 Å². The average Bonchev–Trinajstić information content (AvgIpc) is 3.00. The number of nitrogens with one attached hydrogen (secondary N) is 1. The van der Waals surface area contributed by atoms with E-state index in [-0.39, 0.29) is 5.91 Å². The van der Waals surface area contributed by atoms with E-state index in [1.807, 2.05) is 12.1 Å². The van der Waals surface area contributed by atoms with Crippen LogP contribution in [0.1, 0.15) is 47.5 Å². The molecule has 1 aliphatic heterocycles. The van der Waals surface area contributed by atoms with Gasteiger partial charge in [-0.1, -0.05) is 12.8 Å². The average molecular weight is 275 g/mol. The summed E-state index contributed by atoms with van der Waals surface area (Å²) in [6.45, 7) is 0.708. The van der Waals surface area contributed by atoms with Gasteiger partial charge in [-0.25, -0.2) is 0 Å². The molecule has 1 aromatic rings. The summed E-state index contributed by atoms with van der Waals surface area (Å²) in [6.07, 6.45) is 5.05. The van der Waals surface area contributed by atoms with E-state index >= 15 is 0 Å².